The first-order chi connectivity index (χ1) is 15.2. The molecule has 1 aromatic carbocycles. The Morgan fingerprint density at radius 1 is 1.16 bits per heavy atom. The molecule has 0 radical (unpaired) electrons. The highest BCUT2D eigenvalue weighted by atomic mass is 35.5. The summed E-state index contributed by atoms with van der Waals surface area (Å²) in [6.45, 7) is 5.91. The Bertz CT molecular complexity index is 838. The van der Waals surface area contributed by atoms with E-state index in [0.29, 0.717) is 35.7 Å². The largest absolute Gasteiger partial charge is 0.357 e. The maximum absolute atomic E-state index is 5.94. The predicted octanol–water partition coefficient (Wildman–Crippen LogP) is 3.89. The van der Waals surface area contributed by atoms with E-state index in [1.165, 1.54) is 51.6 Å². The van der Waals surface area contributed by atoms with Crippen LogP contribution in [0.5, 0.6) is 0 Å². The summed E-state index contributed by atoms with van der Waals surface area (Å²) in [6, 6.07) is 8.74. The molecule has 2 aliphatic rings. The number of hydrogen-bond acceptors (Lipinski definition) is 5. The Morgan fingerprint density at radius 3 is 2.61 bits per heavy atom. The first-order valence-corrected chi connectivity index (χ1v) is 12.0. The molecule has 0 amide bonds. The molecule has 4 rings (SSSR count). The lowest BCUT2D eigenvalue weighted by Gasteiger charge is -2.36. The molecule has 168 valence electrons. The van der Waals surface area contributed by atoms with E-state index in [9.17, 15) is 0 Å². The quantitative estimate of drug-likeness (QED) is 0.498. The van der Waals surface area contributed by atoms with Gasteiger partial charge in [-0.05, 0) is 56.9 Å². The second kappa shape index (κ2) is 11.0. The second-order valence-electron chi connectivity index (χ2n) is 8.42. The highest BCUT2D eigenvalue weighted by molar-refractivity contribution is 6.30. The van der Waals surface area contributed by atoms with Gasteiger partial charge in [0.25, 0.3) is 0 Å². The van der Waals surface area contributed by atoms with E-state index in [1.54, 1.807) is 0 Å². The molecular formula is C23H33ClN6O. The van der Waals surface area contributed by atoms with Crippen LogP contribution in [0.1, 0.15) is 51.3 Å². The number of rotatable bonds is 7. The number of aromatic nitrogens is 2. The van der Waals surface area contributed by atoms with Crippen molar-refractivity contribution in [2.24, 2.45) is 4.99 Å². The normalized spacial score (nSPS) is 19.1. The van der Waals surface area contributed by atoms with Crippen LogP contribution in [-0.4, -0.2) is 59.3 Å². The third kappa shape index (κ3) is 6.20. The van der Waals surface area contributed by atoms with Crippen LogP contribution < -0.4 is 10.6 Å². The molecule has 31 heavy (non-hydrogen) atoms. The van der Waals surface area contributed by atoms with Crippen LogP contribution in [0, 0.1) is 0 Å². The summed E-state index contributed by atoms with van der Waals surface area (Å²) in [6.07, 6.45) is 8.54. The Balaban J connectivity index is 1.26. The molecule has 1 aliphatic heterocycles. The molecule has 1 saturated heterocycles. The van der Waals surface area contributed by atoms with Crippen LogP contribution in [0.25, 0.3) is 11.4 Å². The standard InChI is InChI=1S/C23H33ClN6O/c1-2-25-23(27-19-12-15-30(16-13-19)20-5-3-4-6-20)26-14-11-21-28-22(29-31-21)17-7-9-18(24)10-8-17/h7-10,19-20H,2-6,11-16H2,1H3,(H2,25,26,27). The molecular weight excluding hydrogens is 412 g/mol. The molecule has 2 aromatic rings. The number of likely N-dealkylation sites (tertiary alicyclic amines) is 1. The van der Waals surface area contributed by atoms with E-state index in [2.05, 4.69) is 32.6 Å². The monoisotopic (exact) mass is 444 g/mol. The second-order valence-corrected chi connectivity index (χ2v) is 8.86. The van der Waals surface area contributed by atoms with Gasteiger partial charge in [0.2, 0.25) is 11.7 Å². The molecule has 0 atom stereocenters. The third-order valence-corrected chi connectivity index (χ3v) is 6.47. The van der Waals surface area contributed by atoms with Gasteiger partial charge in [0.05, 0.1) is 6.54 Å². The van der Waals surface area contributed by atoms with Gasteiger partial charge in [-0.2, -0.15) is 4.98 Å². The van der Waals surface area contributed by atoms with Crippen molar-refractivity contribution in [1.29, 1.82) is 0 Å². The molecule has 2 heterocycles. The number of guanidine groups is 1. The molecule has 1 aliphatic carbocycles. The number of halogens is 1. The number of aliphatic imine (C=N–C) groups is 1. The van der Waals surface area contributed by atoms with Crippen molar-refractivity contribution < 1.29 is 4.52 Å². The minimum Gasteiger partial charge on any atom is -0.357 e. The zero-order valence-electron chi connectivity index (χ0n) is 18.3. The van der Waals surface area contributed by atoms with E-state index in [4.69, 9.17) is 21.1 Å². The summed E-state index contributed by atoms with van der Waals surface area (Å²) in [4.78, 5) is 11.9. The van der Waals surface area contributed by atoms with Crippen molar-refractivity contribution in [1.82, 2.24) is 25.7 Å². The van der Waals surface area contributed by atoms with Gasteiger partial charge in [-0.25, -0.2) is 0 Å². The smallest absolute Gasteiger partial charge is 0.228 e. The van der Waals surface area contributed by atoms with Crippen LogP contribution in [0.15, 0.2) is 33.8 Å². The molecule has 1 saturated carbocycles. The minimum atomic E-state index is 0.482. The van der Waals surface area contributed by atoms with Crippen molar-refractivity contribution in [2.45, 2.75) is 64.0 Å². The third-order valence-electron chi connectivity index (χ3n) is 6.22. The average molecular weight is 445 g/mol. The first kappa shape index (κ1) is 22.1. The summed E-state index contributed by atoms with van der Waals surface area (Å²) < 4.78 is 5.39. The van der Waals surface area contributed by atoms with E-state index in [1.807, 2.05) is 24.3 Å². The number of nitrogens with one attached hydrogen (secondary N) is 2. The Kier molecular flexibility index (Phi) is 7.81. The van der Waals surface area contributed by atoms with Crippen LogP contribution >= 0.6 is 11.6 Å². The highest BCUT2D eigenvalue weighted by Crippen LogP contribution is 2.26. The van der Waals surface area contributed by atoms with Gasteiger partial charge in [0, 0.05) is 48.7 Å². The lowest BCUT2D eigenvalue weighted by Crippen LogP contribution is -2.50. The fraction of sp³-hybridized carbons (Fsp3) is 0.609. The molecule has 2 fully saturated rings. The Morgan fingerprint density at radius 2 is 1.90 bits per heavy atom. The summed E-state index contributed by atoms with van der Waals surface area (Å²) in [5, 5.41) is 11.7. The van der Waals surface area contributed by atoms with Crippen molar-refractivity contribution in [3.8, 4) is 11.4 Å². The molecule has 0 bridgehead atoms. The van der Waals surface area contributed by atoms with E-state index in [0.717, 1.165) is 24.1 Å². The van der Waals surface area contributed by atoms with Crippen molar-refractivity contribution >= 4 is 17.6 Å². The van der Waals surface area contributed by atoms with E-state index in [-0.39, 0.29) is 0 Å². The maximum atomic E-state index is 5.94. The fourth-order valence-corrected chi connectivity index (χ4v) is 4.65. The minimum absolute atomic E-state index is 0.482. The highest BCUT2D eigenvalue weighted by Gasteiger charge is 2.27. The van der Waals surface area contributed by atoms with Crippen molar-refractivity contribution in [3.05, 3.63) is 35.2 Å². The van der Waals surface area contributed by atoms with Crippen LogP contribution in [0.2, 0.25) is 5.02 Å². The number of hydrogen-bond donors (Lipinski definition) is 2. The molecule has 8 heteroatoms. The zero-order valence-corrected chi connectivity index (χ0v) is 19.1. The Hall–Kier alpha value is -2.12. The molecule has 0 unspecified atom stereocenters. The summed E-state index contributed by atoms with van der Waals surface area (Å²) in [5.41, 5.74) is 0.891. The summed E-state index contributed by atoms with van der Waals surface area (Å²) in [5.74, 6) is 2.04. The van der Waals surface area contributed by atoms with Gasteiger partial charge in [-0.15, -0.1) is 0 Å². The molecule has 1 aromatic heterocycles. The number of piperidine rings is 1. The van der Waals surface area contributed by atoms with Gasteiger partial charge in [0.15, 0.2) is 5.96 Å². The Labute approximate surface area is 189 Å². The number of benzene rings is 1. The molecule has 0 spiro atoms. The van der Waals surface area contributed by atoms with Gasteiger partial charge in [0.1, 0.15) is 0 Å². The lowest BCUT2D eigenvalue weighted by atomic mass is 10.0. The van der Waals surface area contributed by atoms with Gasteiger partial charge >= 0.3 is 0 Å². The topological polar surface area (TPSA) is 78.6 Å². The molecule has 2 N–H and O–H groups in total. The molecule has 7 nitrogen and oxygen atoms in total. The lowest BCUT2D eigenvalue weighted by molar-refractivity contribution is 0.150. The van der Waals surface area contributed by atoms with Gasteiger partial charge < -0.3 is 20.1 Å². The van der Waals surface area contributed by atoms with Gasteiger partial charge in [-0.1, -0.05) is 29.6 Å². The van der Waals surface area contributed by atoms with Crippen LogP contribution in [0.4, 0.5) is 0 Å². The van der Waals surface area contributed by atoms with Crippen molar-refractivity contribution in [3.63, 3.8) is 0 Å². The summed E-state index contributed by atoms with van der Waals surface area (Å²) in [7, 11) is 0. The first-order valence-electron chi connectivity index (χ1n) is 11.6. The van der Waals surface area contributed by atoms with E-state index >= 15 is 0 Å². The maximum Gasteiger partial charge on any atom is 0.228 e. The zero-order chi connectivity index (χ0) is 21.5. The fourth-order valence-electron chi connectivity index (χ4n) is 4.53. The SMILES string of the molecule is CCNC(=NCCc1nc(-c2ccc(Cl)cc2)no1)NC1CCN(C2CCCC2)CC1. The van der Waals surface area contributed by atoms with Crippen LogP contribution in [0.3, 0.4) is 0 Å². The van der Waals surface area contributed by atoms with Crippen molar-refractivity contribution in [2.75, 3.05) is 26.2 Å². The summed E-state index contributed by atoms with van der Waals surface area (Å²) >= 11 is 5.94. The predicted molar refractivity (Wildman–Crippen MR) is 124 cm³/mol. The number of nitrogens with zero attached hydrogens (tertiary/aromatic N) is 4. The average Bonchev–Trinajstić information content (AvgIpc) is 3.48. The van der Waals surface area contributed by atoms with E-state index < -0.39 is 0 Å². The van der Waals surface area contributed by atoms with Gasteiger partial charge in [-0.3, -0.25) is 4.99 Å². The van der Waals surface area contributed by atoms with Crippen LogP contribution in [-0.2, 0) is 6.42 Å².